The van der Waals surface area contributed by atoms with Crippen molar-refractivity contribution in [2.24, 2.45) is 0 Å². The number of hydrogen-bond donors (Lipinski definition) is 1. The second-order valence-corrected chi connectivity index (χ2v) is 6.50. The lowest BCUT2D eigenvalue weighted by atomic mass is 10.3. The van der Waals surface area contributed by atoms with Gasteiger partial charge in [0.15, 0.2) is 4.77 Å². The van der Waals surface area contributed by atoms with Crippen molar-refractivity contribution in [3.63, 3.8) is 0 Å². The molecule has 0 spiro atoms. The van der Waals surface area contributed by atoms with E-state index in [4.69, 9.17) is 23.8 Å². The minimum Gasteiger partial charge on any atom is -0.330 e. The van der Waals surface area contributed by atoms with Crippen LogP contribution >= 0.6 is 55.7 Å². The topological polar surface area (TPSA) is 20.7 Å². The van der Waals surface area contributed by atoms with Crippen molar-refractivity contribution in [2.75, 3.05) is 0 Å². The number of aromatic amines is 1. The molecule has 0 amide bonds. The van der Waals surface area contributed by atoms with Crippen LogP contribution in [0.2, 0.25) is 5.02 Å². The molecule has 0 aliphatic rings. The molecule has 1 heterocycles. The van der Waals surface area contributed by atoms with E-state index < -0.39 is 0 Å². The molecule has 0 saturated heterocycles. The standard InChI is InChI=1S/C13H7Br2ClN2S/c14-7-4-5-9-11(6-7)18(13(19)17-9)10-3-1-2-8(16)12(10)15/h1-6H,(H,17,19). The van der Waals surface area contributed by atoms with Crippen LogP contribution in [-0.2, 0) is 0 Å². The van der Waals surface area contributed by atoms with Crippen molar-refractivity contribution >= 4 is 66.7 Å². The van der Waals surface area contributed by atoms with E-state index >= 15 is 0 Å². The Bertz CT molecular complexity index is 838. The summed E-state index contributed by atoms with van der Waals surface area (Å²) >= 11 is 18.6. The van der Waals surface area contributed by atoms with E-state index in [0.29, 0.717) is 9.79 Å². The van der Waals surface area contributed by atoms with Crippen molar-refractivity contribution in [1.29, 1.82) is 0 Å². The summed E-state index contributed by atoms with van der Waals surface area (Å²) in [5, 5.41) is 0.656. The van der Waals surface area contributed by atoms with Gasteiger partial charge in [-0.1, -0.05) is 33.6 Å². The minimum atomic E-state index is 0.635. The molecular weight excluding hydrogens is 411 g/mol. The summed E-state index contributed by atoms with van der Waals surface area (Å²) in [7, 11) is 0. The van der Waals surface area contributed by atoms with E-state index in [1.807, 2.05) is 41.0 Å². The van der Waals surface area contributed by atoms with Gasteiger partial charge in [-0.25, -0.2) is 0 Å². The van der Waals surface area contributed by atoms with Crippen LogP contribution in [0.3, 0.4) is 0 Å². The first-order valence-electron chi connectivity index (χ1n) is 5.42. The average Bonchev–Trinajstić information content (AvgIpc) is 2.69. The van der Waals surface area contributed by atoms with Gasteiger partial charge in [0, 0.05) is 4.47 Å². The van der Waals surface area contributed by atoms with Crippen LogP contribution in [-0.4, -0.2) is 9.55 Å². The molecule has 0 atom stereocenters. The summed E-state index contributed by atoms with van der Waals surface area (Å²) in [4.78, 5) is 3.19. The highest BCUT2D eigenvalue weighted by molar-refractivity contribution is 9.11. The Hall–Kier alpha value is -0.620. The SMILES string of the molecule is S=c1[nH]c2ccc(Br)cc2n1-c1cccc(Cl)c1Br. The second-order valence-electron chi connectivity index (χ2n) is 4.00. The van der Waals surface area contributed by atoms with Crippen LogP contribution in [0.1, 0.15) is 0 Å². The lowest BCUT2D eigenvalue weighted by molar-refractivity contribution is 1.06. The number of benzene rings is 2. The fraction of sp³-hybridized carbons (Fsp3) is 0. The van der Waals surface area contributed by atoms with Gasteiger partial charge in [0.25, 0.3) is 0 Å². The molecule has 0 bridgehead atoms. The van der Waals surface area contributed by atoms with Crippen LogP contribution in [0.15, 0.2) is 45.3 Å². The molecule has 6 heteroatoms. The molecule has 0 aliphatic heterocycles. The van der Waals surface area contributed by atoms with Crippen LogP contribution in [0.25, 0.3) is 16.7 Å². The molecule has 19 heavy (non-hydrogen) atoms. The van der Waals surface area contributed by atoms with Gasteiger partial charge in [-0.2, -0.15) is 0 Å². The fourth-order valence-electron chi connectivity index (χ4n) is 1.98. The Balaban J connectivity index is 2.42. The van der Waals surface area contributed by atoms with Gasteiger partial charge in [-0.15, -0.1) is 0 Å². The van der Waals surface area contributed by atoms with Gasteiger partial charge in [0.2, 0.25) is 0 Å². The van der Waals surface area contributed by atoms with E-state index in [2.05, 4.69) is 36.8 Å². The van der Waals surface area contributed by atoms with E-state index in [0.717, 1.165) is 25.7 Å². The Morgan fingerprint density at radius 2 is 1.95 bits per heavy atom. The smallest absolute Gasteiger partial charge is 0.182 e. The number of H-pyrrole nitrogens is 1. The molecule has 1 N–H and O–H groups in total. The Morgan fingerprint density at radius 1 is 1.16 bits per heavy atom. The zero-order chi connectivity index (χ0) is 13.6. The first-order chi connectivity index (χ1) is 9.08. The van der Waals surface area contributed by atoms with Gasteiger partial charge in [0.05, 0.1) is 26.2 Å². The average molecular weight is 419 g/mol. The van der Waals surface area contributed by atoms with Crippen molar-refractivity contribution < 1.29 is 0 Å². The summed E-state index contributed by atoms with van der Waals surface area (Å²) in [6, 6.07) is 11.7. The number of nitrogens with one attached hydrogen (secondary N) is 1. The normalized spacial score (nSPS) is 11.1. The van der Waals surface area contributed by atoms with Gasteiger partial charge in [-0.3, -0.25) is 4.57 Å². The zero-order valence-electron chi connectivity index (χ0n) is 9.45. The highest BCUT2D eigenvalue weighted by Crippen LogP contribution is 2.32. The predicted molar refractivity (Wildman–Crippen MR) is 88.9 cm³/mol. The lowest BCUT2D eigenvalue weighted by Crippen LogP contribution is -1.95. The molecule has 2 nitrogen and oxygen atoms in total. The molecule has 0 radical (unpaired) electrons. The maximum Gasteiger partial charge on any atom is 0.182 e. The number of halogens is 3. The second kappa shape index (κ2) is 5.05. The molecular formula is C13H7Br2ClN2S. The van der Waals surface area contributed by atoms with Crippen LogP contribution < -0.4 is 0 Å². The van der Waals surface area contributed by atoms with E-state index in [1.165, 1.54) is 0 Å². The highest BCUT2D eigenvalue weighted by atomic mass is 79.9. The fourth-order valence-corrected chi connectivity index (χ4v) is 3.25. The summed E-state index contributed by atoms with van der Waals surface area (Å²) < 4.78 is 4.43. The number of fused-ring (bicyclic) bond motifs is 1. The number of nitrogens with zero attached hydrogens (tertiary/aromatic N) is 1. The molecule has 1 aromatic heterocycles. The third-order valence-electron chi connectivity index (χ3n) is 2.82. The molecule has 2 aromatic carbocycles. The first kappa shape index (κ1) is 13.4. The number of hydrogen-bond acceptors (Lipinski definition) is 1. The molecule has 0 aliphatic carbocycles. The molecule has 0 unspecified atom stereocenters. The van der Waals surface area contributed by atoms with E-state index in [9.17, 15) is 0 Å². The largest absolute Gasteiger partial charge is 0.330 e. The lowest BCUT2D eigenvalue weighted by Gasteiger charge is -2.08. The number of rotatable bonds is 1. The van der Waals surface area contributed by atoms with Crippen molar-refractivity contribution in [1.82, 2.24) is 9.55 Å². The van der Waals surface area contributed by atoms with Crippen molar-refractivity contribution in [2.45, 2.75) is 0 Å². The Labute approximate surface area is 136 Å². The third-order valence-corrected chi connectivity index (χ3v) is 4.97. The maximum atomic E-state index is 6.15. The van der Waals surface area contributed by atoms with Crippen LogP contribution in [0.4, 0.5) is 0 Å². The monoisotopic (exact) mass is 416 g/mol. The van der Waals surface area contributed by atoms with E-state index in [-0.39, 0.29) is 0 Å². The Morgan fingerprint density at radius 3 is 2.74 bits per heavy atom. The van der Waals surface area contributed by atoms with Gasteiger partial charge >= 0.3 is 0 Å². The molecule has 0 fully saturated rings. The number of aromatic nitrogens is 2. The summed E-state index contributed by atoms with van der Waals surface area (Å²) in [5.74, 6) is 0. The molecule has 3 rings (SSSR count). The van der Waals surface area contributed by atoms with Crippen molar-refractivity contribution in [3.05, 3.63) is 55.1 Å². The highest BCUT2D eigenvalue weighted by Gasteiger charge is 2.11. The molecule has 3 aromatic rings. The Kier molecular flexibility index (Phi) is 3.55. The van der Waals surface area contributed by atoms with Crippen LogP contribution in [0, 0.1) is 4.77 Å². The van der Waals surface area contributed by atoms with Gasteiger partial charge < -0.3 is 4.98 Å². The third kappa shape index (κ3) is 2.29. The minimum absolute atomic E-state index is 0.635. The summed E-state index contributed by atoms with van der Waals surface area (Å²) in [6.07, 6.45) is 0. The quantitative estimate of drug-likeness (QED) is 0.491. The van der Waals surface area contributed by atoms with Gasteiger partial charge in [0.1, 0.15) is 0 Å². The predicted octanol–water partition coefficient (Wildman–Crippen LogP) is 5.87. The maximum absolute atomic E-state index is 6.15. The van der Waals surface area contributed by atoms with Crippen LogP contribution in [0.5, 0.6) is 0 Å². The van der Waals surface area contributed by atoms with Gasteiger partial charge in [-0.05, 0) is 58.5 Å². The molecule has 0 saturated carbocycles. The summed E-state index contributed by atoms with van der Waals surface area (Å²) in [6.45, 7) is 0. The summed E-state index contributed by atoms with van der Waals surface area (Å²) in [5.41, 5.74) is 2.91. The first-order valence-corrected chi connectivity index (χ1v) is 7.80. The zero-order valence-corrected chi connectivity index (χ0v) is 14.2. The molecule has 96 valence electrons. The van der Waals surface area contributed by atoms with E-state index in [1.54, 1.807) is 0 Å². The number of imidazole rings is 1. The van der Waals surface area contributed by atoms with Crippen molar-refractivity contribution in [3.8, 4) is 5.69 Å².